The second-order valence-electron chi connectivity index (χ2n) is 4.37. The van der Waals surface area contributed by atoms with Gasteiger partial charge in [-0.3, -0.25) is 0 Å². The molecule has 2 rings (SSSR count). The standard InChI is InChI=1S/C14H17NO/c1-10-7-11(2)9-12(8-10)14(16)13-5-4-6-15(13)3/h4-9,14,16H,1-3H3/t14-/m0/s1. The number of rotatable bonds is 2. The van der Waals surface area contributed by atoms with Crippen LogP contribution < -0.4 is 0 Å². The van der Waals surface area contributed by atoms with Gasteiger partial charge in [0, 0.05) is 13.2 Å². The zero-order valence-electron chi connectivity index (χ0n) is 9.94. The van der Waals surface area contributed by atoms with E-state index in [9.17, 15) is 5.11 Å². The van der Waals surface area contributed by atoms with Crippen molar-refractivity contribution in [3.05, 3.63) is 58.9 Å². The van der Waals surface area contributed by atoms with E-state index < -0.39 is 6.10 Å². The smallest absolute Gasteiger partial charge is 0.119 e. The van der Waals surface area contributed by atoms with E-state index >= 15 is 0 Å². The Morgan fingerprint density at radius 1 is 1.12 bits per heavy atom. The van der Waals surface area contributed by atoms with Gasteiger partial charge in [-0.1, -0.05) is 29.3 Å². The third kappa shape index (κ3) is 2.02. The number of hydrogen-bond acceptors (Lipinski definition) is 1. The molecule has 2 nitrogen and oxygen atoms in total. The van der Waals surface area contributed by atoms with E-state index in [0.717, 1.165) is 11.3 Å². The topological polar surface area (TPSA) is 25.2 Å². The van der Waals surface area contributed by atoms with Crippen LogP contribution in [0.1, 0.15) is 28.5 Å². The number of hydrogen-bond donors (Lipinski definition) is 1. The van der Waals surface area contributed by atoms with Crippen molar-refractivity contribution in [2.45, 2.75) is 20.0 Å². The van der Waals surface area contributed by atoms with Crippen molar-refractivity contribution in [2.75, 3.05) is 0 Å². The lowest BCUT2D eigenvalue weighted by Crippen LogP contribution is -2.05. The van der Waals surface area contributed by atoms with E-state index in [0.29, 0.717) is 0 Å². The highest BCUT2D eigenvalue weighted by molar-refractivity contribution is 5.33. The molecule has 0 aliphatic heterocycles. The zero-order valence-corrected chi connectivity index (χ0v) is 9.94. The molecule has 2 aromatic rings. The van der Waals surface area contributed by atoms with Crippen molar-refractivity contribution in [1.82, 2.24) is 4.57 Å². The number of benzene rings is 1. The van der Waals surface area contributed by atoms with Gasteiger partial charge in [-0.05, 0) is 31.5 Å². The number of nitrogens with zero attached hydrogens (tertiary/aromatic N) is 1. The van der Waals surface area contributed by atoms with Crippen molar-refractivity contribution < 1.29 is 5.11 Å². The van der Waals surface area contributed by atoms with Crippen LogP contribution in [0.25, 0.3) is 0 Å². The molecule has 0 unspecified atom stereocenters. The highest BCUT2D eigenvalue weighted by Gasteiger charge is 2.13. The average molecular weight is 215 g/mol. The maximum Gasteiger partial charge on any atom is 0.119 e. The van der Waals surface area contributed by atoms with E-state index in [1.54, 1.807) is 0 Å². The van der Waals surface area contributed by atoms with Crippen molar-refractivity contribution in [3.63, 3.8) is 0 Å². The second-order valence-corrected chi connectivity index (χ2v) is 4.37. The van der Waals surface area contributed by atoms with Crippen molar-refractivity contribution in [2.24, 2.45) is 7.05 Å². The molecule has 0 spiro atoms. The predicted octanol–water partition coefficient (Wildman–Crippen LogP) is 2.72. The zero-order chi connectivity index (χ0) is 11.7. The van der Waals surface area contributed by atoms with E-state index in [-0.39, 0.29) is 0 Å². The third-order valence-electron chi connectivity index (χ3n) is 2.82. The van der Waals surface area contributed by atoms with Crippen LogP contribution in [0, 0.1) is 13.8 Å². The van der Waals surface area contributed by atoms with Crippen molar-refractivity contribution in [3.8, 4) is 0 Å². The van der Waals surface area contributed by atoms with Gasteiger partial charge in [0.1, 0.15) is 6.10 Å². The fourth-order valence-corrected chi connectivity index (χ4v) is 2.10. The molecule has 0 fully saturated rings. The summed E-state index contributed by atoms with van der Waals surface area (Å²) in [5.74, 6) is 0. The predicted molar refractivity (Wildman–Crippen MR) is 65.4 cm³/mol. The maximum absolute atomic E-state index is 10.3. The Hall–Kier alpha value is -1.54. The molecule has 0 radical (unpaired) electrons. The molecular weight excluding hydrogens is 198 g/mol. The monoisotopic (exact) mass is 215 g/mol. The molecule has 0 amide bonds. The summed E-state index contributed by atoms with van der Waals surface area (Å²) < 4.78 is 1.95. The molecule has 0 saturated heterocycles. The first-order valence-electron chi connectivity index (χ1n) is 5.45. The van der Waals surface area contributed by atoms with Crippen LogP contribution in [0.2, 0.25) is 0 Å². The summed E-state index contributed by atoms with van der Waals surface area (Å²) in [7, 11) is 1.95. The van der Waals surface area contributed by atoms with Crippen LogP contribution >= 0.6 is 0 Å². The maximum atomic E-state index is 10.3. The Morgan fingerprint density at radius 2 is 1.75 bits per heavy atom. The summed E-state index contributed by atoms with van der Waals surface area (Å²) in [5.41, 5.74) is 4.25. The molecule has 2 heteroatoms. The molecule has 1 aromatic heterocycles. The van der Waals surface area contributed by atoms with E-state index in [1.807, 2.05) is 55.9 Å². The summed E-state index contributed by atoms with van der Waals surface area (Å²) in [4.78, 5) is 0. The van der Waals surface area contributed by atoms with Crippen LogP contribution in [-0.2, 0) is 7.05 Å². The molecule has 0 saturated carbocycles. The average Bonchev–Trinajstić information content (AvgIpc) is 2.62. The minimum Gasteiger partial charge on any atom is -0.382 e. The Balaban J connectivity index is 2.41. The van der Waals surface area contributed by atoms with Crippen molar-refractivity contribution >= 4 is 0 Å². The summed E-state index contributed by atoms with van der Waals surface area (Å²) >= 11 is 0. The molecule has 0 bridgehead atoms. The third-order valence-corrected chi connectivity index (χ3v) is 2.82. The SMILES string of the molecule is Cc1cc(C)cc([C@H](O)c2cccn2C)c1. The van der Waals surface area contributed by atoms with Crippen LogP contribution in [0.15, 0.2) is 36.5 Å². The molecule has 1 atom stereocenters. The van der Waals surface area contributed by atoms with E-state index in [1.165, 1.54) is 11.1 Å². The first kappa shape index (κ1) is 11.0. The van der Waals surface area contributed by atoms with Gasteiger partial charge in [0.05, 0.1) is 5.69 Å². The number of aliphatic hydroxyl groups is 1. The highest BCUT2D eigenvalue weighted by atomic mass is 16.3. The Labute approximate surface area is 96.2 Å². The molecular formula is C14H17NO. The molecule has 84 valence electrons. The quantitative estimate of drug-likeness (QED) is 0.818. The summed E-state index contributed by atoms with van der Waals surface area (Å²) in [5, 5.41) is 10.3. The van der Waals surface area contributed by atoms with Gasteiger partial charge in [-0.25, -0.2) is 0 Å². The molecule has 0 aliphatic rings. The normalized spacial score (nSPS) is 12.8. The largest absolute Gasteiger partial charge is 0.382 e. The number of aromatic nitrogens is 1. The van der Waals surface area contributed by atoms with E-state index in [2.05, 4.69) is 6.07 Å². The molecule has 1 heterocycles. The molecule has 0 aliphatic carbocycles. The molecule has 16 heavy (non-hydrogen) atoms. The highest BCUT2D eigenvalue weighted by Crippen LogP contribution is 2.23. The van der Waals surface area contributed by atoms with Gasteiger partial charge in [0.2, 0.25) is 0 Å². The summed E-state index contributed by atoms with van der Waals surface area (Å²) in [6.07, 6.45) is 1.40. The lowest BCUT2D eigenvalue weighted by atomic mass is 10.0. The Kier molecular flexibility index (Phi) is 2.84. The fraction of sp³-hybridized carbons (Fsp3) is 0.286. The van der Waals surface area contributed by atoms with E-state index in [4.69, 9.17) is 0 Å². The fourth-order valence-electron chi connectivity index (χ4n) is 2.10. The molecule has 1 N–H and O–H groups in total. The van der Waals surface area contributed by atoms with Crippen molar-refractivity contribution in [1.29, 1.82) is 0 Å². The van der Waals surface area contributed by atoms with Gasteiger partial charge in [0.25, 0.3) is 0 Å². The van der Waals surface area contributed by atoms with Gasteiger partial charge >= 0.3 is 0 Å². The Bertz CT molecular complexity index is 479. The van der Waals surface area contributed by atoms with Gasteiger partial charge in [-0.15, -0.1) is 0 Å². The Morgan fingerprint density at radius 3 is 2.25 bits per heavy atom. The number of aliphatic hydroxyl groups excluding tert-OH is 1. The van der Waals surface area contributed by atoms with Crippen LogP contribution in [0.4, 0.5) is 0 Å². The second kappa shape index (κ2) is 4.14. The minimum atomic E-state index is -0.543. The van der Waals surface area contributed by atoms with Gasteiger partial charge in [-0.2, -0.15) is 0 Å². The van der Waals surface area contributed by atoms with Crippen LogP contribution in [0.5, 0.6) is 0 Å². The summed E-state index contributed by atoms with van der Waals surface area (Å²) in [6.45, 7) is 4.10. The molecule has 1 aromatic carbocycles. The minimum absolute atomic E-state index is 0.543. The van der Waals surface area contributed by atoms with Crippen LogP contribution in [-0.4, -0.2) is 9.67 Å². The lowest BCUT2D eigenvalue weighted by molar-refractivity contribution is 0.211. The van der Waals surface area contributed by atoms with Gasteiger partial charge < -0.3 is 9.67 Å². The number of aryl methyl sites for hydroxylation is 3. The van der Waals surface area contributed by atoms with Gasteiger partial charge in [0.15, 0.2) is 0 Å². The summed E-state index contributed by atoms with van der Waals surface area (Å²) in [6, 6.07) is 10.1. The van der Waals surface area contributed by atoms with Crippen LogP contribution in [0.3, 0.4) is 0 Å². The lowest BCUT2D eigenvalue weighted by Gasteiger charge is -2.14. The first-order valence-corrected chi connectivity index (χ1v) is 5.45. The first-order chi connectivity index (χ1) is 7.58.